The first-order chi connectivity index (χ1) is 12.8. The Balaban J connectivity index is 1.30. The molecule has 26 heavy (non-hydrogen) atoms. The maximum atomic E-state index is 9.12. The number of likely N-dealkylation sites (tertiary alicyclic amines) is 1. The van der Waals surface area contributed by atoms with Crippen molar-refractivity contribution < 1.29 is 19.8 Å². The highest BCUT2D eigenvalue weighted by molar-refractivity contribution is 5.85. The van der Waals surface area contributed by atoms with Crippen LogP contribution < -0.4 is 14.7 Å². The summed E-state index contributed by atoms with van der Waals surface area (Å²) in [6.45, 7) is 10.1. The molecule has 2 aromatic carbocycles. The average Bonchev–Trinajstić information content (AvgIpc) is 2.70. The van der Waals surface area contributed by atoms with Gasteiger partial charge in [0, 0.05) is 18.4 Å². The second-order valence-electron chi connectivity index (χ2n) is 8.22. The van der Waals surface area contributed by atoms with Crippen LogP contribution in [-0.2, 0) is 6.54 Å². The van der Waals surface area contributed by atoms with E-state index in [4.69, 9.17) is 5.11 Å². The number of quaternary nitrogens is 3. The molecule has 0 saturated carbocycles. The fourth-order valence-electron chi connectivity index (χ4n) is 5.07. The fraction of sp³-hybridized carbons (Fsp3) is 0.545. The van der Waals surface area contributed by atoms with E-state index >= 15 is 0 Å². The summed E-state index contributed by atoms with van der Waals surface area (Å²) in [6.07, 6.45) is 2.73. The number of benzene rings is 2. The zero-order valence-electron chi connectivity index (χ0n) is 15.8. The highest BCUT2D eigenvalue weighted by Gasteiger charge is 2.33. The van der Waals surface area contributed by atoms with Gasteiger partial charge in [0.15, 0.2) is 0 Å². The topological polar surface area (TPSA) is 33.6 Å². The zero-order valence-corrected chi connectivity index (χ0v) is 15.8. The van der Waals surface area contributed by atoms with Gasteiger partial charge in [-0.05, 0) is 10.8 Å². The van der Waals surface area contributed by atoms with Gasteiger partial charge in [-0.2, -0.15) is 0 Å². The van der Waals surface area contributed by atoms with Gasteiger partial charge in [-0.15, -0.1) is 0 Å². The number of nitrogens with one attached hydrogen (secondary N) is 3. The normalized spacial score (nSPS) is 29.7. The third-order valence-electron chi connectivity index (χ3n) is 6.66. The summed E-state index contributed by atoms with van der Waals surface area (Å²) < 4.78 is 0. The molecule has 2 aliphatic rings. The standard InChI is InChI=1S/C22H31N3O/c26-17-16-23-12-14-25(15-13-23)21-8-10-24(11-9-21)18-20-6-3-5-19-4-1-2-7-22(19)20/h1-7,21,26H,8-18H2/p+3. The lowest BCUT2D eigenvalue weighted by Gasteiger charge is -2.37. The number of piperidine rings is 1. The van der Waals surface area contributed by atoms with Crippen LogP contribution in [0, 0.1) is 0 Å². The van der Waals surface area contributed by atoms with Crippen molar-refractivity contribution >= 4 is 10.8 Å². The van der Waals surface area contributed by atoms with Crippen LogP contribution in [0.2, 0.25) is 0 Å². The largest absolute Gasteiger partial charge is 0.391 e. The molecular formula is C22H34N3O+3. The molecule has 0 radical (unpaired) electrons. The number of fused-ring (bicyclic) bond motifs is 1. The minimum atomic E-state index is 0.334. The van der Waals surface area contributed by atoms with Crippen molar-refractivity contribution in [3.63, 3.8) is 0 Å². The lowest BCUT2D eigenvalue weighted by atomic mass is 10.00. The van der Waals surface area contributed by atoms with E-state index in [1.165, 1.54) is 68.4 Å². The van der Waals surface area contributed by atoms with Crippen LogP contribution in [0.5, 0.6) is 0 Å². The summed E-state index contributed by atoms with van der Waals surface area (Å²) in [5.74, 6) is 0. The molecule has 0 bridgehead atoms. The highest BCUT2D eigenvalue weighted by atomic mass is 16.3. The molecule has 4 nitrogen and oxygen atoms in total. The molecule has 0 aliphatic carbocycles. The van der Waals surface area contributed by atoms with E-state index in [1.807, 2.05) is 4.90 Å². The van der Waals surface area contributed by atoms with Crippen LogP contribution in [-0.4, -0.2) is 63.6 Å². The van der Waals surface area contributed by atoms with Crippen molar-refractivity contribution in [3.05, 3.63) is 48.0 Å². The minimum Gasteiger partial charge on any atom is -0.391 e. The highest BCUT2D eigenvalue weighted by Crippen LogP contribution is 2.17. The number of aliphatic hydroxyl groups is 1. The summed E-state index contributed by atoms with van der Waals surface area (Å²) in [5, 5.41) is 11.9. The van der Waals surface area contributed by atoms with Gasteiger partial charge in [-0.3, -0.25) is 0 Å². The van der Waals surface area contributed by atoms with E-state index in [2.05, 4.69) is 42.5 Å². The van der Waals surface area contributed by atoms with Crippen LogP contribution in [0.3, 0.4) is 0 Å². The van der Waals surface area contributed by atoms with E-state index in [0.29, 0.717) is 6.61 Å². The Bertz CT molecular complexity index is 698. The zero-order chi connectivity index (χ0) is 17.8. The molecule has 0 aromatic heterocycles. The van der Waals surface area contributed by atoms with E-state index in [1.54, 1.807) is 9.80 Å². The summed E-state index contributed by atoms with van der Waals surface area (Å²) >= 11 is 0. The number of hydrogen-bond donors (Lipinski definition) is 4. The van der Waals surface area contributed by atoms with Crippen molar-refractivity contribution in [2.75, 3.05) is 52.4 Å². The second kappa shape index (κ2) is 8.49. The monoisotopic (exact) mass is 356 g/mol. The van der Waals surface area contributed by atoms with Gasteiger partial charge in [0.2, 0.25) is 0 Å². The van der Waals surface area contributed by atoms with E-state index in [9.17, 15) is 0 Å². The van der Waals surface area contributed by atoms with Gasteiger partial charge in [0.1, 0.15) is 39.3 Å². The van der Waals surface area contributed by atoms with Crippen LogP contribution in [0.1, 0.15) is 18.4 Å². The molecule has 2 heterocycles. The quantitative estimate of drug-likeness (QED) is 0.499. The third kappa shape index (κ3) is 4.09. The van der Waals surface area contributed by atoms with Crippen molar-refractivity contribution in [2.24, 2.45) is 0 Å². The van der Waals surface area contributed by atoms with Crippen LogP contribution >= 0.6 is 0 Å². The van der Waals surface area contributed by atoms with Gasteiger partial charge in [-0.25, -0.2) is 0 Å². The van der Waals surface area contributed by atoms with E-state index < -0.39 is 0 Å². The molecule has 140 valence electrons. The Morgan fingerprint density at radius 1 is 0.808 bits per heavy atom. The maximum absolute atomic E-state index is 9.12. The maximum Gasteiger partial charge on any atom is 0.127 e. The summed E-state index contributed by atoms with van der Waals surface area (Å²) in [4.78, 5) is 5.17. The van der Waals surface area contributed by atoms with Gasteiger partial charge in [0.25, 0.3) is 0 Å². The summed E-state index contributed by atoms with van der Waals surface area (Å²) in [5.41, 5.74) is 1.50. The van der Waals surface area contributed by atoms with Gasteiger partial charge in [-0.1, -0.05) is 42.5 Å². The van der Waals surface area contributed by atoms with Crippen LogP contribution in [0.25, 0.3) is 10.8 Å². The predicted octanol–water partition coefficient (Wildman–Crippen LogP) is -1.84. The molecule has 2 saturated heterocycles. The molecule has 0 atom stereocenters. The smallest absolute Gasteiger partial charge is 0.127 e. The van der Waals surface area contributed by atoms with Crippen molar-refractivity contribution in [1.29, 1.82) is 0 Å². The summed E-state index contributed by atoms with van der Waals surface area (Å²) in [7, 11) is 0. The van der Waals surface area contributed by atoms with Crippen molar-refractivity contribution in [3.8, 4) is 0 Å². The fourth-order valence-corrected chi connectivity index (χ4v) is 5.07. The molecule has 2 aromatic rings. The molecule has 0 unspecified atom stereocenters. The molecule has 0 amide bonds. The van der Waals surface area contributed by atoms with Gasteiger partial charge < -0.3 is 19.8 Å². The second-order valence-corrected chi connectivity index (χ2v) is 8.22. The Morgan fingerprint density at radius 2 is 1.54 bits per heavy atom. The molecular weight excluding hydrogens is 322 g/mol. The lowest BCUT2D eigenvalue weighted by Crippen LogP contribution is -3.30. The number of piperazine rings is 1. The average molecular weight is 357 g/mol. The Hall–Kier alpha value is -1.46. The third-order valence-corrected chi connectivity index (χ3v) is 6.66. The predicted molar refractivity (Wildman–Crippen MR) is 105 cm³/mol. The molecule has 2 fully saturated rings. The number of rotatable bonds is 5. The molecule has 0 spiro atoms. The number of aliphatic hydroxyl groups excluding tert-OH is 1. The Morgan fingerprint density at radius 3 is 2.31 bits per heavy atom. The van der Waals surface area contributed by atoms with Crippen LogP contribution in [0.4, 0.5) is 0 Å². The molecule has 4 rings (SSSR count). The lowest BCUT2D eigenvalue weighted by molar-refractivity contribution is -1.03. The SMILES string of the molecule is OCC[NH+]1CC[NH+](C2CC[NH+](Cc3cccc4ccccc34)CC2)CC1. The molecule has 2 aliphatic heterocycles. The number of hydrogen-bond acceptors (Lipinski definition) is 1. The molecule has 4 heteroatoms. The van der Waals surface area contributed by atoms with Gasteiger partial charge in [0.05, 0.1) is 25.7 Å². The Labute approximate surface area is 157 Å². The first kappa shape index (κ1) is 17.9. The first-order valence-electron chi connectivity index (χ1n) is 10.4. The molecule has 4 N–H and O–H groups in total. The first-order valence-corrected chi connectivity index (χ1v) is 10.4. The van der Waals surface area contributed by atoms with Crippen molar-refractivity contribution in [2.45, 2.75) is 25.4 Å². The summed E-state index contributed by atoms with van der Waals surface area (Å²) in [6, 6.07) is 16.4. The van der Waals surface area contributed by atoms with E-state index in [0.717, 1.165) is 19.1 Å². The van der Waals surface area contributed by atoms with Crippen molar-refractivity contribution in [1.82, 2.24) is 0 Å². The Kier molecular flexibility index (Phi) is 5.85. The van der Waals surface area contributed by atoms with E-state index in [-0.39, 0.29) is 0 Å². The van der Waals surface area contributed by atoms with Gasteiger partial charge >= 0.3 is 0 Å². The minimum absolute atomic E-state index is 0.334. The van der Waals surface area contributed by atoms with Crippen LogP contribution in [0.15, 0.2) is 42.5 Å².